The summed E-state index contributed by atoms with van der Waals surface area (Å²) in [5.74, 6) is 0.575. The molecule has 1 aliphatic heterocycles. The van der Waals surface area contributed by atoms with Gasteiger partial charge in [-0.1, -0.05) is 50.5 Å². The third-order valence-corrected chi connectivity index (χ3v) is 6.05. The summed E-state index contributed by atoms with van der Waals surface area (Å²) in [5.41, 5.74) is 0.864. The minimum Gasteiger partial charge on any atom is -0.438 e. The van der Waals surface area contributed by atoms with E-state index in [2.05, 4.69) is 11.9 Å². The number of hydrogen-bond donors (Lipinski definition) is 0. The number of halogens is 3. The Hall–Kier alpha value is -2.83. The molecular weight excluding hydrogens is 417 g/mol. The summed E-state index contributed by atoms with van der Waals surface area (Å²) >= 11 is 0. The highest BCUT2D eigenvalue weighted by Gasteiger charge is 2.34. The third-order valence-electron chi connectivity index (χ3n) is 6.05. The van der Waals surface area contributed by atoms with Gasteiger partial charge < -0.3 is 9.32 Å². The molecule has 4 nitrogen and oxygen atoms in total. The van der Waals surface area contributed by atoms with Crippen LogP contribution >= 0.6 is 0 Å². The number of benzene rings is 2. The number of alkyl halides is 3. The normalized spacial score (nSPS) is 16.8. The number of likely N-dealkylation sites (tertiary alicyclic amines) is 1. The fraction of sp³-hybridized carbons (Fsp3) is 0.440. The Morgan fingerprint density at radius 2 is 1.97 bits per heavy atom. The minimum absolute atomic E-state index is 0.108. The van der Waals surface area contributed by atoms with E-state index in [4.69, 9.17) is 4.42 Å². The Kier molecular flexibility index (Phi) is 6.53. The number of rotatable bonds is 7. The fourth-order valence-electron chi connectivity index (χ4n) is 4.41. The molecular formula is C25H27F3N2O2. The van der Waals surface area contributed by atoms with Gasteiger partial charge in [-0.25, -0.2) is 4.98 Å². The molecule has 2 aromatic carbocycles. The molecule has 1 amide bonds. The van der Waals surface area contributed by atoms with Gasteiger partial charge >= 0.3 is 6.18 Å². The third kappa shape index (κ3) is 4.66. The first-order valence-corrected chi connectivity index (χ1v) is 11.2. The summed E-state index contributed by atoms with van der Waals surface area (Å²) < 4.78 is 46.2. The van der Waals surface area contributed by atoms with Crippen molar-refractivity contribution in [1.29, 1.82) is 0 Å². The van der Waals surface area contributed by atoms with Crippen LogP contribution in [0.15, 0.2) is 46.9 Å². The number of fused-ring (bicyclic) bond motifs is 1. The lowest BCUT2D eigenvalue weighted by molar-refractivity contribution is -0.137. The number of hydrogen-bond acceptors (Lipinski definition) is 3. The van der Waals surface area contributed by atoms with E-state index in [1.165, 1.54) is 12.1 Å². The molecule has 170 valence electrons. The summed E-state index contributed by atoms with van der Waals surface area (Å²) in [6, 6.07) is 10.2. The largest absolute Gasteiger partial charge is 0.438 e. The fourth-order valence-corrected chi connectivity index (χ4v) is 4.41. The van der Waals surface area contributed by atoms with E-state index >= 15 is 0 Å². The first kappa shape index (κ1) is 22.4. The molecule has 1 saturated heterocycles. The zero-order valence-electron chi connectivity index (χ0n) is 18.1. The molecule has 32 heavy (non-hydrogen) atoms. The van der Waals surface area contributed by atoms with E-state index < -0.39 is 11.7 Å². The summed E-state index contributed by atoms with van der Waals surface area (Å²) in [7, 11) is 0. The van der Waals surface area contributed by atoms with Gasteiger partial charge in [0.05, 0.1) is 5.56 Å². The SMILES string of the molecule is CCCCCCC(=O)N1CCCC1c1nc2cc(-c3ccccc3C(F)(F)F)ccc2o1. The molecule has 1 atom stereocenters. The highest BCUT2D eigenvalue weighted by molar-refractivity contribution is 5.82. The summed E-state index contributed by atoms with van der Waals surface area (Å²) in [5, 5.41) is 0. The second-order valence-electron chi connectivity index (χ2n) is 8.33. The smallest absolute Gasteiger partial charge is 0.417 e. The molecule has 0 saturated carbocycles. The molecule has 0 bridgehead atoms. The van der Waals surface area contributed by atoms with Crippen molar-refractivity contribution in [2.75, 3.05) is 6.54 Å². The number of oxazole rings is 1. The Morgan fingerprint density at radius 1 is 1.16 bits per heavy atom. The van der Waals surface area contributed by atoms with E-state index in [0.717, 1.165) is 44.6 Å². The van der Waals surface area contributed by atoms with Crippen molar-refractivity contribution in [2.45, 2.75) is 64.1 Å². The molecule has 1 aromatic heterocycles. The van der Waals surface area contributed by atoms with E-state index in [1.807, 2.05) is 4.90 Å². The van der Waals surface area contributed by atoms with Crippen LogP contribution in [0, 0.1) is 0 Å². The topological polar surface area (TPSA) is 46.3 Å². The zero-order chi connectivity index (χ0) is 22.7. The Bertz CT molecular complexity index is 1090. The maximum Gasteiger partial charge on any atom is 0.417 e. The van der Waals surface area contributed by atoms with Gasteiger partial charge in [-0.05, 0) is 48.6 Å². The molecule has 4 rings (SSSR count). The van der Waals surface area contributed by atoms with E-state index in [0.29, 0.717) is 35.5 Å². The lowest BCUT2D eigenvalue weighted by Gasteiger charge is -2.22. The maximum absolute atomic E-state index is 13.4. The average molecular weight is 444 g/mol. The second-order valence-corrected chi connectivity index (χ2v) is 8.33. The van der Waals surface area contributed by atoms with Gasteiger partial charge in [-0.2, -0.15) is 13.2 Å². The van der Waals surface area contributed by atoms with Gasteiger partial charge in [0, 0.05) is 13.0 Å². The van der Waals surface area contributed by atoms with Crippen molar-refractivity contribution >= 4 is 17.0 Å². The van der Waals surface area contributed by atoms with Crippen LogP contribution in [-0.4, -0.2) is 22.3 Å². The lowest BCUT2D eigenvalue weighted by Crippen LogP contribution is -2.30. The summed E-state index contributed by atoms with van der Waals surface area (Å²) in [4.78, 5) is 19.1. The molecule has 7 heteroatoms. The number of carbonyl (C=O) groups excluding carboxylic acids is 1. The van der Waals surface area contributed by atoms with Crippen molar-refractivity contribution in [2.24, 2.45) is 0 Å². The van der Waals surface area contributed by atoms with E-state index in [1.54, 1.807) is 24.3 Å². The highest BCUT2D eigenvalue weighted by atomic mass is 19.4. The molecule has 0 N–H and O–H groups in total. The first-order chi connectivity index (χ1) is 15.4. The maximum atomic E-state index is 13.4. The second kappa shape index (κ2) is 9.35. The molecule has 2 heterocycles. The Balaban J connectivity index is 1.58. The first-order valence-electron chi connectivity index (χ1n) is 11.2. The van der Waals surface area contributed by atoms with Gasteiger partial charge in [0.15, 0.2) is 5.58 Å². The van der Waals surface area contributed by atoms with Crippen LogP contribution in [0.4, 0.5) is 13.2 Å². The van der Waals surface area contributed by atoms with Gasteiger partial charge in [-0.3, -0.25) is 4.79 Å². The number of amides is 1. The predicted octanol–water partition coefficient (Wildman–Crippen LogP) is 7.15. The van der Waals surface area contributed by atoms with Crippen molar-refractivity contribution in [3.63, 3.8) is 0 Å². The highest BCUT2D eigenvalue weighted by Crippen LogP contribution is 2.39. The Morgan fingerprint density at radius 3 is 2.75 bits per heavy atom. The Labute approximate surface area is 185 Å². The number of carbonyl (C=O) groups is 1. The minimum atomic E-state index is -4.44. The summed E-state index contributed by atoms with van der Waals surface area (Å²) in [6.07, 6.45) is 1.92. The van der Waals surface area contributed by atoms with Crippen LogP contribution in [0.1, 0.15) is 69.4 Å². The molecule has 1 unspecified atom stereocenters. The van der Waals surface area contributed by atoms with Crippen molar-refractivity contribution in [3.05, 3.63) is 53.9 Å². The summed E-state index contributed by atoms with van der Waals surface area (Å²) in [6.45, 7) is 2.82. The van der Waals surface area contributed by atoms with Crippen molar-refractivity contribution in [1.82, 2.24) is 9.88 Å². The monoisotopic (exact) mass is 444 g/mol. The molecule has 1 fully saturated rings. The van der Waals surface area contributed by atoms with Crippen LogP contribution in [0.3, 0.4) is 0 Å². The zero-order valence-corrected chi connectivity index (χ0v) is 18.1. The van der Waals surface area contributed by atoms with Crippen molar-refractivity contribution < 1.29 is 22.4 Å². The average Bonchev–Trinajstić information content (AvgIpc) is 3.42. The van der Waals surface area contributed by atoms with E-state index in [9.17, 15) is 18.0 Å². The van der Waals surface area contributed by atoms with Crippen LogP contribution < -0.4 is 0 Å². The van der Waals surface area contributed by atoms with Crippen LogP contribution in [0.2, 0.25) is 0 Å². The van der Waals surface area contributed by atoms with Crippen molar-refractivity contribution in [3.8, 4) is 11.1 Å². The quantitative estimate of drug-likeness (QED) is 0.364. The van der Waals surface area contributed by atoms with Crippen LogP contribution in [0.5, 0.6) is 0 Å². The number of unbranched alkanes of at least 4 members (excludes halogenated alkanes) is 3. The molecule has 1 aliphatic rings. The van der Waals surface area contributed by atoms with Gasteiger partial charge in [0.25, 0.3) is 0 Å². The van der Waals surface area contributed by atoms with Crippen LogP contribution in [-0.2, 0) is 11.0 Å². The van der Waals surface area contributed by atoms with E-state index in [-0.39, 0.29) is 17.5 Å². The van der Waals surface area contributed by atoms with Gasteiger partial charge in [0.2, 0.25) is 11.8 Å². The number of nitrogens with zero attached hydrogens (tertiary/aromatic N) is 2. The lowest BCUT2D eigenvalue weighted by atomic mass is 9.99. The molecule has 0 radical (unpaired) electrons. The molecule has 0 spiro atoms. The molecule has 0 aliphatic carbocycles. The van der Waals surface area contributed by atoms with Crippen LogP contribution in [0.25, 0.3) is 22.2 Å². The number of aromatic nitrogens is 1. The van der Waals surface area contributed by atoms with Gasteiger partial charge in [-0.15, -0.1) is 0 Å². The van der Waals surface area contributed by atoms with Gasteiger partial charge in [0.1, 0.15) is 11.6 Å². The molecule has 3 aromatic rings. The predicted molar refractivity (Wildman–Crippen MR) is 117 cm³/mol. The standard InChI is InChI=1S/C25H27F3N2O2/c1-2-3-4-5-12-23(31)30-15-8-11-21(30)24-29-20-16-17(13-14-22(20)32-24)18-9-6-7-10-19(18)25(26,27)28/h6-7,9-10,13-14,16,21H,2-5,8,11-12,15H2,1H3.